The summed E-state index contributed by atoms with van der Waals surface area (Å²) < 4.78 is 39.7. The summed E-state index contributed by atoms with van der Waals surface area (Å²) in [4.78, 5) is 73.4. The number of ether oxygens (including phenoxy) is 6. The van der Waals surface area contributed by atoms with E-state index < -0.39 is 0 Å². The molecule has 0 aromatic heterocycles. The number of hydrogen-bond donors (Lipinski definition) is 0. The van der Waals surface area contributed by atoms with Crippen LogP contribution < -0.4 is 0 Å². The number of unbranched alkanes of at least 4 members (excludes halogenated alkanes) is 2. The first-order valence-corrected chi connectivity index (χ1v) is 50.4. The van der Waals surface area contributed by atoms with Crippen molar-refractivity contribution in [2.75, 3.05) is 200 Å². The van der Waals surface area contributed by atoms with E-state index >= 15 is 0 Å². The summed E-state index contributed by atoms with van der Waals surface area (Å²) >= 11 is 0. The molecular weight excluding hydrogens is 1480 g/mol. The van der Waals surface area contributed by atoms with Gasteiger partial charge in [-0.1, -0.05) is 99.3 Å². The Balaban J connectivity index is 0.000000196. The Hall–Kier alpha value is -3.42. The maximum atomic E-state index is 12.6. The molecule has 0 aliphatic heterocycles. The van der Waals surface area contributed by atoms with Gasteiger partial charge in [0.2, 0.25) is 0 Å². The van der Waals surface area contributed by atoms with Gasteiger partial charge in [-0.15, -0.1) is 0 Å². The van der Waals surface area contributed by atoms with Crippen LogP contribution >= 0.6 is 0 Å². The summed E-state index contributed by atoms with van der Waals surface area (Å²) in [5.74, 6) is 9.93. The molecule has 0 aromatic rings. The number of carbonyl (C=O) groups excluding carboxylic acids is 6. The fraction of sp³-hybridized carbons (Fsp3) is 0.940. The van der Waals surface area contributed by atoms with Crippen molar-refractivity contribution in [1.29, 1.82) is 0 Å². The maximum absolute atomic E-state index is 12.6. The number of carbonyl (C=O) groups is 6. The van der Waals surface area contributed by atoms with Gasteiger partial charge in [-0.2, -0.15) is 0 Å². The molecule has 0 saturated heterocycles. The predicted molar refractivity (Wildman–Crippen MR) is 478 cm³/mol. The lowest BCUT2D eigenvalue weighted by Crippen LogP contribution is -2.51. The van der Waals surface area contributed by atoms with Gasteiger partial charge in [0.15, 0.2) is 0 Å². The standard InChI is InChI=1S/C19H36NO2.C18H34NO2.C18H36NO2.C16H28NO2.C16H30NO2.C13H24NO2/c1-4-7-11-20(6-3,10-5-2)12-13-22-19(21)18-15-16-8-9-17(18)14-16;1-4-9-19(6-3,10-5-2)11-12-21-18(20)17-14-15-7-8-16(17)13-15;1-4-7-14-19(6-3,13-5-2)15-16-21-18(20)17-11-9-8-10-12-17;1-17(2,3)4-5-19-15(18)16-9-12-6-13(10-16)8-14(7-12)11-16;1-4-17(5-2,6-3)9-10-19-16(18)15-12-13-7-8-14(15)11-13;1-14(2,3)6-7-16-13(15)12-9-10-4-5-11(12)8-10/h16-18H,4-15H2,1-3H3;15-17H,4-14H2,1-3H3;17H,4-16H2,1-3H3;12-14H,4-11H2,1-3H3;13-15H,4-12H2,1-3H3;10-12H,4-9H2,1-3H3/q6*+1. The molecule has 0 amide bonds. The Morgan fingerprint density at radius 3 is 0.788 bits per heavy atom. The van der Waals surface area contributed by atoms with E-state index in [1.807, 2.05) is 0 Å². The lowest BCUT2D eigenvalue weighted by molar-refractivity contribution is -0.927. The van der Waals surface area contributed by atoms with Crippen LogP contribution in [0.1, 0.15) is 308 Å². The van der Waals surface area contributed by atoms with Crippen molar-refractivity contribution < 1.29 is 84.1 Å². The normalized spacial score (nSPS) is 29.7. The van der Waals surface area contributed by atoms with Crippen LogP contribution in [0.15, 0.2) is 0 Å². The number of esters is 6. The van der Waals surface area contributed by atoms with Crippen molar-refractivity contribution in [2.24, 2.45) is 100 Å². The van der Waals surface area contributed by atoms with Crippen LogP contribution in [0.2, 0.25) is 0 Å². The quantitative estimate of drug-likeness (QED) is 0.0323. The first-order valence-electron chi connectivity index (χ1n) is 50.4. The van der Waals surface area contributed by atoms with Crippen molar-refractivity contribution in [3.8, 4) is 0 Å². The largest absolute Gasteiger partial charge is 0.459 e. The van der Waals surface area contributed by atoms with Crippen molar-refractivity contribution in [2.45, 2.75) is 308 Å². The minimum atomic E-state index is -0.0837. The second kappa shape index (κ2) is 50.1. The minimum absolute atomic E-state index is 0.0656. The molecular formula is C100H188N6O12+6. The zero-order chi connectivity index (χ0) is 86.2. The molecule has 0 N–H and O–H groups in total. The van der Waals surface area contributed by atoms with Crippen LogP contribution in [-0.2, 0) is 57.2 Å². The molecule has 0 spiro atoms. The zero-order valence-electron chi connectivity index (χ0n) is 80.0. The first-order chi connectivity index (χ1) is 56.4. The SMILES string of the molecule is CCCC[N+](CC)(CCC)CCOC(=O)C1CC2CCC1C2.CCCC[N+](CC)(CCC)CCOC(=O)C1CCCCC1.CCC[N+](CC)(CCC)CCOC(=O)C1CC2CCC1C2.CC[N+](CC)(CC)CCOC(=O)C1CC2CCC1C2.C[N+](C)(C)CCOC(=O)C12CC3CC(CC(C3)C1)C2.C[N+](C)(C)CCOC(=O)C1CC2CCC1C2. The lowest BCUT2D eigenvalue weighted by atomic mass is 9.49. The summed E-state index contributed by atoms with van der Waals surface area (Å²) in [5, 5.41) is 0. The second-order valence-electron chi connectivity index (χ2n) is 42.9. The second-order valence-corrected chi connectivity index (χ2v) is 42.9. The smallest absolute Gasteiger partial charge is 0.312 e. The van der Waals surface area contributed by atoms with Gasteiger partial charge in [-0.05, 0) is 274 Å². The van der Waals surface area contributed by atoms with Crippen LogP contribution in [0, 0.1) is 100 Å². The van der Waals surface area contributed by atoms with Crippen molar-refractivity contribution in [3.63, 3.8) is 0 Å². The predicted octanol–water partition coefficient (Wildman–Crippen LogP) is 18.8. The van der Waals surface area contributed by atoms with Gasteiger partial charge in [-0.25, -0.2) is 0 Å². The fourth-order valence-electron chi connectivity index (χ4n) is 25.2. The molecule has 18 nitrogen and oxygen atoms in total. The van der Waals surface area contributed by atoms with Gasteiger partial charge in [-0.3, -0.25) is 28.8 Å². The van der Waals surface area contributed by atoms with E-state index in [9.17, 15) is 28.8 Å². The Morgan fingerprint density at radius 2 is 0.534 bits per heavy atom. The topological polar surface area (TPSA) is 158 Å². The highest BCUT2D eigenvalue weighted by molar-refractivity contribution is 5.78. The maximum Gasteiger partial charge on any atom is 0.312 e. The summed E-state index contributed by atoms with van der Waals surface area (Å²) in [5.41, 5.74) is -0.0837. The molecule has 0 radical (unpaired) electrons. The number of fused-ring (bicyclic) bond motifs is 8. The average Bonchev–Trinajstić information content (AvgIpc) is 0.946. The van der Waals surface area contributed by atoms with E-state index in [1.54, 1.807) is 0 Å². The number of likely N-dealkylation sites (N-methyl/N-ethyl adjacent to an activating group) is 6. The Kier molecular flexibility index (Phi) is 43.1. The van der Waals surface area contributed by atoms with Gasteiger partial charge < -0.3 is 55.3 Å². The third-order valence-electron chi connectivity index (χ3n) is 32.6. The van der Waals surface area contributed by atoms with Crippen LogP contribution in [0.25, 0.3) is 0 Å². The van der Waals surface area contributed by atoms with E-state index in [0.717, 1.165) is 205 Å². The minimum Gasteiger partial charge on any atom is -0.459 e. The van der Waals surface area contributed by atoms with E-state index in [4.69, 9.17) is 28.4 Å². The summed E-state index contributed by atoms with van der Waals surface area (Å²) in [6.45, 7) is 50.4. The monoisotopic (exact) mass is 1670 g/mol. The number of hydrogen-bond acceptors (Lipinski definition) is 12. The molecule has 14 atom stereocenters. The van der Waals surface area contributed by atoms with Crippen LogP contribution in [0.3, 0.4) is 0 Å². The van der Waals surface area contributed by atoms with Crippen LogP contribution in [0.4, 0.5) is 0 Å². The molecule has 13 rings (SSSR count). The van der Waals surface area contributed by atoms with E-state index in [2.05, 4.69) is 125 Å². The Morgan fingerprint density at radius 1 is 0.263 bits per heavy atom. The molecule has 13 saturated carbocycles. The molecule has 18 heteroatoms. The zero-order valence-corrected chi connectivity index (χ0v) is 80.0. The van der Waals surface area contributed by atoms with Crippen molar-refractivity contribution >= 4 is 35.8 Å². The third kappa shape index (κ3) is 31.3. The van der Waals surface area contributed by atoms with Crippen LogP contribution in [0.5, 0.6) is 0 Å². The van der Waals surface area contributed by atoms with Gasteiger partial charge in [0, 0.05) is 0 Å². The van der Waals surface area contributed by atoms with Gasteiger partial charge in [0.1, 0.15) is 78.9 Å². The molecule has 12 bridgehead atoms. The molecule has 684 valence electrons. The lowest BCUT2D eigenvalue weighted by Gasteiger charge is -2.55. The number of rotatable bonds is 44. The van der Waals surface area contributed by atoms with Crippen molar-refractivity contribution in [1.82, 2.24) is 0 Å². The van der Waals surface area contributed by atoms with E-state index in [-0.39, 0.29) is 70.8 Å². The van der Waals surface area contributed by atoms with Gasteiger partial charge in [0.05, 0.1) is 156 Å². The highest BCUT2D eigenvalue weighted by atomic mass is 16.6. The third-order valence-corrected chi connectivity index (χ3v) is 32.6. The molecule has 0 aromatic carbocycles. The van der Waals surface area contributed by atoms with Crippen molar-refractivity contribution in [3.05, 3.63) is 0 Å². The molecule has 14 unspecified atom stereocenters. The molecule has 13 fully saturated rings. The number of nitrogens with zero attached hydrogens (tertiary/aromatic N) is 6. The van der Waals surface area contributed by atoms with E-state index in [0.29, 0.717) is 63.3 Å². The first kappa shape index (κ1) is 102. The van der Waals surface area contributed by atoms with Gasteiger partial charge >= 0.3 is 35.8 Å². The molecule has 13 aliphatic rings. The highest BCUT2D eigenvalue weighted by Crippen LogP contribution is 2.61. The Bertz CT molecular complexity index is 2870. The highest BCUT2D eigenvalue weighted by Gasteiger charge is 2.56. The summed E-state index contributed by atoms with van der Waals surface area (Å²) in [6.07, 6.45) is 43.0. The molecule has 13 aliphatic carbocycles. The van der Waals surface area contributed by atoms with Crippen LogP contribution in [-0.4, -0.2) is 262 Å². The summed E-state index contributed by atoms with van der Waals surface area (Å²) in [6, 6.07) is 0. The summed E-state index contributed by atoms with van der Waals surface area (Å²) in [7, 11) is 12.8. The Labute approximate surface area is 723 Å². The number of quaternary nitrogens is 6. The average molecular weight is 1670 g/mol. The molecule has 118 heavy (non-hydrogen) atoms. The van der Waals surface area contributed by atoms with Gasteiger partial charge in [0.25, 0.3) is 0 Å². The van der Waals surface area contributed by atoms with E-state index in [1.165, 1.54) is 206 Å². The fourth-order valence-corrected chi connectivity index (χ4v) is 25.2. The molecule has 0 heterocycles.